The number of esters is 1. The Morgan fingerprint density at radius 1 is 1.13 bits per heavy atom. The molecule has 0 amide bonds. The van der Waals surface area contributed by atoms with Gasteiger partial charge >= 0.3 is 5.97 Å². The number of piperidine rings is 1. The van der Waals surface area contributed by atoms with Gasteiger partial charge in [-0.2, -0.15) is 0 Å². The van der Waals surface area contributed by atoms with Crippen LogP contribution in [0.3, 0.4) is 0 Å². The number of H-pyrrole nitrogens is 1. The third-order valence-electron chi connectivity index (χ3n) is 6.04. The quantitative estimate of drug-likeness (QED) is 0.488. The second-order valence-electron chi connectivity index (χ2n) is 8.26. The zero-order valence-electron chi connectivity index (χ0n) is 17.7. The van der Waals surface area contributed by atoms with E-state index in [0.717, 1.165) is 35.1 Å². The predicted molar refractivity (Wildman–Crippen MR) is 122 cm³/mol. The number of nitrogens with one attached hydrogen (secondary N) is 1. The molecule has 2 heterocycles. The summed E-state index contributed by atoms with van der Waals surface area (Å²) in [4.78, 5) is 18.9. The van der Waals surface area contributed by atoms with Gasteiger partial charge in [0.2, 0.25) is 0 Å². The molecule has 5 heteroatoms. The van der Waals surface area contributed by atoms with Crippen LogP contribution in [0.4, 0.5) is 0 Å². The summed E-state index contributed by atoms with van der Waals surface area (Å²) in [6, 6.07) is 13.8. The number of carbonyl (C=O) groups is 1. The monoisotopic (exact) mass is 424 g/mol. The Hall–Kier alpha value is -2.30. The number of hydrogen-bond acceptors (Lipinski definition) is 3. The summed E-state index contributed by atoms with van der Waals surface area (Å²) >= 11 is 5.96. The van der Waals surface area contributed by atoms with Gasteiger partial charge in [-0.3, -0.25) is 0 Å². The average molecular weight is 425 g/mol. The first-order valence-corrected chi connectivity index (χ1v) is 11.2. The molecule has 1 atom stereocenters. The van der Waals surface area contributed by atoms with Crippen molar-refractivity contribution >= 4 is 28.5 Å². The first-order valence-electron chi connectivity index (χ1n) is 10.8. The molecule has 0 bridgehead atoms. The van der Waals surface area contributed by atoms with Gasteiger partial charge in [0.15, 0.2) is 0 Å². The number of aromatic nitrogens is 1. The van der Waals surface area contributed by atoms with Crippen LogP contribution in [0.1, 0.15) is 59.5 Å². The van der Waals surface area contributed by atoms with E-state index in [1.165, 1.54) is 37.9 Å². The van der Waals surface area contributed by atoms with Gasteiger partial charge in [0.05, 0.1) is 5.56 Å². The number of hydrogen-bond donors (Lipinski definition) is 1. The van der Waals surface area contributed by atoms with Crippen molar-refractivity contribution in [1.29, 1.82) is 0 Å². The van der Waals surface area contributed by atoms with Crippen LogP contribution in [0.5, 0.6) is 0 Å². The Balaban J connectivity index is 1.51. The van der Waals surface area contributed by atoms with Crippen LogP contribution in [-0.4, -0.2) is 35.5 Å². The summed E-state index contributed by atoms with van der Waals surface area (Å²) in [6.45, 7) is 7.28. The normalized spacial score (nSPS) is 16.0. The molecular formula is C25H29ClN2O2. The van der Waals surface area contributed by atoms with E-state index in [2.05, 4.69) is 28.1 Å². The summed E-state index contributed by atoms with van der Waals surface area (Å²) < 4.78 is 5.79. The molecule has 30 heavy (non-hydrogen) atoms. The van der Waals surface area contributed by atoms with Crippen molar-refractivity contribution in [1.82, 2.24) is 9.88 Å². The fourth-order valence-electron chi connectivity index (χ4n) is 4.28. The highest BCUT2D eigenvalue weighted by Crippen LogP contribution is 2.27. The molecule has 0 aliphatic carbocycles. The summed E-state index contributed by atoms with van der Waals surface area (Å²) in [5.41, 5.74) is 4.62. The molecule has 1 N–H and O–H groups in total. The van der Waals surface area contributed by atoms with E-state index in [4.69, 9.17) is 16.3 Å². The summed E-state index contributed by atoms with van der Waals surface area (Å²) in [7, 11) is 0. The molecule has 158 valence electrons. The molecule has 1 aromatic heterocycles. The second-order valence-corrected chi connectivity index (χ2v) is 8.69. The van der Waals surface area contributed by atoms with Crippen LogP contribution in [0.15, 0.2) is 42.5 Å². The maximum atomic E-state index is 13.0. The highest BCUT2D eigenvalue weighted by Gasteiger charge is 2.21. The lowest BCUT2D eigenvalue weighted by molar-refractivity contribution is 0.0339. The van der Waals surface area contributed by atoms with Crippen LogP contribution >= 0.6 is 11.6 Å². The van der Waals surface area contributed by atoms with E-state index in [-0.39, 0.29) is 12.1 Å². The second kappa shape index (κ2) is 9.23. The SMILES string of the molecule is Cc1[nH]c2ccc(CCN3CCCCC3)cc2c1C(=O)OC(C)c1ccc(Cl)cc1. The van der Waals surface area contributed by atoms with Crippen molar-refractivity contribution in [3.63, 3.8) is 0 Å². The lowest BCUT2D eigenvalue weighted by Gasteiger charge is -2.26. The summed E-state index contributed by atoms with van der Waals surface area (Å²) in [5.74, 6) is -0.297. The minimum absolute atomic E-state index is 0.297. The Morgan fingerprint density at radius 3 is 2.60 bits per heavy atom. The van der Waals surface area contributed by atoms with Crippen LogP contribution in [0.25, 0.3) is 10.9 Å². The first-order chi connectivity index (χ1) is 14.5. The number of nitrogens with zero attached hydrogens (tertiary/aromatic N) is 1. The van der Waals surface area contributed by atoms with Gasteiger partial charge in [-0.15, -0.1) is 0 Å². The van der Waals surface area contributed by atoms with Gasteiger partial charge in [0, 0.05) is 28.2 Å². The minimum Gasteiger partial charge on any atom is -0.454 e. The lowest BCUT2D eigenvalue weighted by atomic mass is 10.0. The van der Waals surface area contributed by atoms with Crippen molar-refractivity contribution in [2.45, 2.75) is 45.6 Å². The van der Waals surface area contributed by atoms with Crippen LogP contribution < -0.4 is 0 Å². The molecule has 0 radical (unpaired) electrons. The number of fused-ring (bicyclic) bond motifs is 1. The third kappa shape index (κ3) is 4.71. The van der Waals surface area contributed by atoms with Crippen molar-refractivity contribution in [3.8, 4) is 0 Å². The molecule has 1 unspecified atom stereocenters. The van der Waals surface area contributed by atoms with Crippen molar-refractivity contribution in [2.24, 2.45) is 0 Å². The van der Waals surface area contributed by atoms with E-state index < -0.39 is 0 Å². The van der Waals surface area contributed by atoms with Gasteiger partial charge in [-0.1, -0.05) is 36.2 Å². The maximum Gasteiger partial charge on any atom is 0.341 e. The Bertz CT molecular complexity index is 1020. The molecule has 3 aromatic rings. The molecule has 1 aliphatic heterocycles. The smallest absolute Gasteiger partial charge is 0.341 e. The van der Waals surface area contributed by atoms with Gasteiger partial charge in [0.1, 0.15) is 6.10 Å². The zero-order chi connectivity index (χ0) is 21.1. The van der Waals surface area contributed by atoms with Crippen molar-refractivity contribution < 1.29 is 9.53 Å². The number of aromatic amines is 1. The van der Waals surface area contributed by atoms with Gasteiger partial charge < -0.3 is 14.6 Å². The van der Waals surface area contributed by atoms with Gasteiger partial charge in [-0.05, 0) is 81.6 Å². The molecule has 1 fully saturated rings. The van der Waals surface area contributed by atoms with E-state index in [9.17, 15) is 4.79 Å². The average Bonchev–Trinajstić information content (AvgIpc) is 3.08. The van der Waals surface area contributed by atoms with E-state index in [1.54, 1.807) is 0 Å². The standard InChI is InChI=1S/C25H29ClN2O2/c1-17-24(25(29)30-18(2)20-7-9-21(26)10-8-20)22-16-19(6-11-23(22)27-17)12-15-28-13-4-3-5-14-28/h6-11,16,18,27H,3-5,12-15H2,1-2H3. The highest BCUT2D eigenvalue weighted by atomic mass is 35.5. The molecule has 4 nitrogen and oxygen atoms in total. The summed E-state index contributed by atoms with van der Waals surface area (Å²) in [5, 5.41) is 1.61. The van der Waals surface area contributed by atoms with Crippen LogP contribution in [-0.2, 0) is 11.2 Å². The number of carbonyl (C=O) groups excluding carboxylic acids is 1. The van der Waals surface area contributed by atoms with Crippen LogP contribution in [0, 0.1) is 6.92 Å². The first kappa shape index (κ1) is 21.0. The molecule has 2 aromatic carbocycles. The van der Waals surface area contributed by atoms with E-state index in [1.807, 2.05) is 38.1 Å². The summed E-state index contributed by atoms with van der Waals surface area (Å²) in [6.07, 6.45) is 4.61. The fourth-order valence-corrected chi connectivity index (χ4v) is 4.41. The van der Waals surface area contributed by atoms with Crippen molar-refractivity contribution in [2.75, 3.05) is 19.6 Å². The number of likely N-dealkylation sites (tertiary alicyclic amines) is 1. The molecule has 1 aliphatic rings. The number of halogens is 1. The van der Waals surface area contributed by atoms with Gasteiger partial charge in [0.25, 0.3) is 0 Å². The van der Waals surface area contributed by atoms with E-state index in [0.29, 0.717) is 10.6 Å². The largest absolute Gasteiger partial charge is 0.454 e. The topological polar surface area (TPSA) is 45.3 Å². The Labute approximate surface area is 183 Å². The van der Waals surface area contributed by atoms with E-state index >= 15 is 0 Å². The highest BCUT2D eigenvalue weighted by molar-refractivity contribution is 6.30. The predicted octanol–water partition coefficient (Wildman–Crippen LogP) is 6.08. The lowest BCUT2D eigenvalue weighted by Crippen LogP contribution is -2.31. The maximum absolute atomic E-state index is 13.0. The third-order valence-corrected chi connectivity index (χ3v) is 6.30. The molecule has 1 saturated heterocycles. The van der Waals surface area contributed by atoms with Gasteiger partial charge in [-0.25, -0.2) is 4.79 Å². The number of benzene rings is 2. The molecule has 4 rings (SSSR count). The molecule has 0 spiro atoms. The number of rotatable bonds is 6. The Morgan fingerprint density at radius 2 is 1.87 bits per heavy atom. The zero-order valence-corrected chi connectivity index (χ0v) is 18.5. The Kier molecular flexibility index (Phi) is 6.45. The van der Waals surface area contributed by atoms with Crippen molar-refractivity contribution in [3.05, 3.63) is 69.9 Å². The number of ether oxygens (including phenoxy) is 1. The van der Waals surface area contributed by atoms with Crippen LogP contribution in [0.2, 0.25) is 5.02 Å². The minimum atomic E-state index is -0.346. The fraction of sp³-hybridized carbons (Fsp3) is 0.400. The molecule has 0 saturated carbocycles. The molecular weight excluding hydrogens is 396 g/mol. The number of aryl methyl sites for hydroxylation is 1.